The summed E-state index contributed by atoms with van der Waals surface area (Å²) in [5.41, 5.74) is 5.42. The molecule has 1 aromatic heterocycles. The number of piperidine rings is 1. The quantitative estimate of drug-likeness (QED) is 0.904. The highest BCUT2D eigenvalue weighted by atomic mass is 16.2. The lowest BCUT2D eigenvalue weighted by atomic mass is 9.97. The van der Waals surface area contributed by atoms with Gasteiger partial charge in [0, 0.05) is 36.1 Å². The normalized spacial score (nSPS) is 22.4. The van der Waals surface area contributed by atoms with Gasteiger partial charge in [0.15, 0.2) is 0 Å². The highest BCUT2D eigenvalue weighted by Gasteiger charge is 2.38. The minimum Gasteiger partial charge on any atom is -0.350 e. The van der Waals surface area contributed by atoms with Gasteiger partial charge in [0.1, 0.15) is 5.69 Å². The number of H-pyrrole nitrogens is 1. The zero-order valence-electron chi connectivity index (χ0n) is 15.9. The largest absolute Gasteiger partial charge is 0.350 e. The molecule has 4 nitrogen and oxygen atoms in total. The van der Waals surface area contributed by atoms with E-state index in [0.717, 1.165) is 29.9 Å². The molecular formula is C21H29N3O. The second-order valence-corrected chi connectivity index (χ2v) is 8.02. The van der Waals surface area contributed by atoms with Crippen LogP contribution in [0.2, 0.25) is 0 Å². The Morgan fingerprint density at radius 1 is 1.12 bits per heavy atom. The van der Waals surface area contributed by atoms with Gasteiger partial charge >= 0.3 is 0 Å². The van der Waals surface area contributed by atoms with Crippen molar-refractivity contribution in [2.75, 3.05) is 19.6 Å². The number of nitrogens with zero attached hydrogens (tertiary/aromatic N) is 2. The van der Waals surface area contributed by atoms with E-state index in [1.807, 2.05) is 4.90 Å². The topological polar surface area (TPSA) is 39.3 Å². The molecule has 1 atom stereocenters. The molecule has 25 heavy (non-hydrogen) atoms. The smallest absolute Gasteiger partial charge is 0.270 e. The van der Waals surface area contributed by atoms with Crippen molar-refractivity contribution in [3.8, 4) is 0 Å². The van der Waals surface area contributed by atoms with Crippen LogP contribution >= 0.6 is 0 Å². The van der Waals surface area contributed by atoms with E-state index in [1.165, 1.54) is 42.3 Å². The molecule has 0 saturated carbocycles. The van der Waals surface area contributed by atoms with Gasteiger partial charge in [0.05, 0.1) is 0 Å². The average molecular weight is 339 g/mol. The molecule has 0 unspecified atom stereocenters. The maximum atomic E-state index is 13.0. The lowest BCUT2D eigenvalue weighted by Crippen LogP contribution is -2.63. The first-order valence-corrected chi connectivity index (χ1v) is 9.61. The molecule has 0 aliphatic carbocycles. The molecule has 2 aliphatic rings. The number of hydrogen-bond donors (Lipinski definition) is 1. The van der Waals surface area contributed by atoms with Gasteiger partial charge in [0.2, 0.25) is 0 Å². The molecule has 2 aromatic rings. The third kappa shape index (κ3) is 2.67. The van der Waals surface area contributed by atoms with Gasteiger partial charge in [-0.1, -0.05) is 18.6 Å². The van der Waals surface area contributed by atoms with Gasteiger partial charge in [0.25, 0.3) is 5.91 Å². The summed E-state index contributed by atoms with van der Waals surface area (Å²) in [6.45, 7) is 11.6. The third-order valence-corrected chi connectivity index (χ3v) is 6.31. The first-order chi connectivity index (χ1) is 12.0. The SMILES string of the molecule is Cc1ccc(C)c2c(C)c(C(=O)N3CC(N4CCCC[C@@H]4C)C3)[nH]c12. The number of carbonyl (C=O) groups is 1. The van der Waals surface area contributed by atoms with E-state index in [-0.39, 0.29) is 5.91 Å². The van der Waals surface area contributed by atoms with Crippen LogP contribution in [0.5, 0.6) is 0 Å². The Labute approximate surface area is 150 Å². The van der Waals surface area contributed by atoms with Crippen LogP contribution in [0.4, 0.5) is 0 Å². The van der Waals surface area contributed by atoms with E-state index < -0.39 is 0 Å². The molecule has 2 fully saturated rings. The summed E-state index contributed by atoms with van der Waals surface area (Å²) in [5, 5.41) is 1.21. The number of carbonyl (C=O) groups excluding carboxylic acids is 1. The molecule has 2 aliphatic heterocycles. The summed E-state index contributed by atoms with van der Waals surface area (Å²) < 4.78 is 0. The van der Waals surface area contributed by atoms with Crippen molar-refractivity contribution in [3.05, 3.63) is 34.5 Å². The Kier molecular flexibility index (Phi) is 4.11. The number of aromatic nitrogens is 1. The highest BCUT2D eigenvalue weighted by Crippen LogP contribution is 2.30. The standard InChI is InChI=1S/C21H29N3O/c1-13-8-9-14(2)19-18(13)16(4)20(22-19)21(25)23-11-17(12-23)24-10-6-5-7-15(24)3/h8-9,15,17,22H,5-7,10-12H2,1-4H3/t15-/m0/s1. The van der Waals surface area contributed by atoms with E-state index >= 15 is 0 Å². The summed E-state index contributed by atoms with van der Waals surface area (Å²) in [7, 11) is 0. The lowest BCUT2D eigenvalue weighted by molar-refractivity contribution is 0.00182. The van der Waals surface area contributed by atoms with Crippen LogP contribution in [0.25, 0.3) is 10.9 Å². The predicted octanol–water partition coefficient (Wildman–Crippen LogP) is 3.79. The number of nitrogens with one attached hydrogen (secondary N) is 1. The van der Waals surface area contributed by atoms with Crippen LogP contribution in [0, 0.1) is 20.8 Å². The van der Waals surface area contributed by atoms with Crippen LogP contribution in [-0.4, -0.2) is 52.4 Å². The fraction of sp³-hybridized carbons (Fsp3) is 0.571. The van der Waals surface area contributed by atoms with Crippen LogP contribution in [0.1, 0.15) is 53.4 Å². The summed E-state index contributed by atoms with van der Waals surface area (Å²) >= 11 is 0. The zero-order valence-corrected chi connectivity index (χ0v) is 15.9. The fourth-order valence-electron chi connectivity index (χ4n) is 4.66. The molecule has 1 N–H and O–H groups in total. The van der Waals surface area contributed by atoms with Crippen molar-refractivity contribution in [2.24, 2.45) is 0 Å². The number of likely N-dealkylation sites (tertiary alicyclic amines) is 2. The van der Waals surface area contributed by atoms with E-state index in [4.69, 9.17) is 0 Å². The van der Waals surface area contributed by atoms with Crippen molar-refractivity contribution < 1.29 is 4.79 Å². The van der Waals surface area contributed by atoms with Crippen molar-refractivity contribution in [2.45, 2.75) is 59.0 Å². The molecular weight excluding hydrogens is 310 g/mol. The molecule has 4 rings (SSSR count). The second kappa shape index (κ2) is 6.17. The Morgan fingerprint density at radius 2 is 1.84 bits per heavy atom. The minimum absolute atomic E-state index is 0.161. The van der Waals surface area contributed by atoms with E-state index in [9.17, 15) is 4.79 Å². The lowest BCUT2D eigenvalue weighted by Gasteiger charge is -2.49. The Morgan fingerprint density at radius 3 is 2.52 bits per heavy atom. The second-order valence-electron chi connectivity index (χ2n) is 8.02. The number of hydrogen-bond acceptors (Lipinski definition) is 2. The van der Waals surface area contributed by atoms with Gasteiger partial charge < -0.3 is 9.88 Å². The van der Waals surface area contributed by atoms with Crippen LogP contribution in [-0.2, 0) is 0 Å². The third-order valence-electron chi connectivity index (χ3n) is 6.31. The molecule has 0 radical (unpaired) electrons. The summed E-state index contributed by atoms with van der Waals surface area (Å²) in [6, 6.07) is 5.48. The van der Waals surface area contributed by atoms with Crippen molar-refractivity contribution in [1.29, 1.82) is 0 Å². The molecule has 1 aromatic carbocycles. The highest BCUT2D eigenvalue weighted by molar-refractivity contribution is 6.02. The maximum absolute atomic E-state index is 13.0. The van der Waals surface area contributed by atoms with E-state index in [1.54, 1.807) is 0 Å². The zero-order chi connectivity index (χ0) is 17.7. The number of aryl methyl sites for hydroxylation is 3. The molecule has 3 heterocycles. The molecule has 0 bridgehead atoms. The molecule has 134 valence electrons. The first-order valence-electron chi connectivity index (χ1n) is 9.61. The minimum atomic E-state index is 0.161. The van der Waals surface area contributed by atoms with Crippen molar-refractivity contribution in [3.63, 3.8) is 0 Å². The van der Waals surface area contributed by atoms with Gasteiger partial charge in [-0.2, -0.15) is 0 Å². The fourth-order valence-corrected chi connectivity index (χ4v) is 4.66. The Hall–Kier alpha value is -1.81. The Bertz CT molecular complexity index is 816. The molecule has 2 saturated heterocycles. The van der Waals surface area contributed by atoms with Crippen LogP contribution in [0.3, 0.4) is 0 Å². The number of rotatable bonds is 2. The number of amides is 1. The van der Waals surface area contributed by atoms with Gasteiger partial charge in [-0.15, -0.1) is 0 Å². The van der Waals surface area contributed by atoms with Crippen LogP contribution < -0.4 is 0 Å². The van der Waals surface area contributed by atoms with Crippen molar-refractivity contribution >= 4 is 16.8 Å². The molecule has 0 spiro atoms. The number of benzene rings is 1. The first kappa shape index (κ1) is 16.6. The van der Waals surface area contributed by atoms with Gasteiger partial charge in [-0.25, -0.2) is 0 Å². The molecule has 1 amide bonds. The predicted molar refractivity (Wildman–Crippen MR) is 102 cm³/mol. The number of aromatic amines is 1. The van der Waals surface area contributed by atoms with Crippen LogP contribution in [0.15, 0.2) is 12.1 Å². The van der Waals surface area contributed by atoms with Gasteiger partial charge in [-0.05, 0) is 63.8 Å². The molecule has 4 heteroatoms. The average Bonchev–Trinajstić information content (AvgIpc) is 2.90. The Balaban J connectivity index is 1.53. The van der Waals surface area contributed by atoms with E-state index in [0.29, 0.717) is 12.1 Å². The number of fused-ring (bicyclic) bond motifs is 1. The van der Waals surface area contributed by atoms with Gasteiger partial charge in [-0.3, -0.25) is 9.69 Å². The summed E-state index contributed by atoms with van der Waals surface area (Å²) in [5.74, 6) is 0.161. The maximum Gasteiger partial charge on any atom is 0.270 e. The summed E-state index contributed by atoms with van der Waals surface area (Å²) in [4.78, 5) is 21.1. The van der Waals surface area contributed by atoms with E-state index in [2.05, 4.69) is 49.7 Å². The monoisotopic (exact) mass is 339 g/mol. The summed E-state index contributed by atoms with van der Waals surface area (Å²) in [6.07, 6.45) is 3.94. The van der Waals surface area contributed by atoms with Crippen molar-refractivity contribution in [1.82, 2.24) is 14.8 Å².